The molecule has 7 nitrogen and oxygen atoms in total. The molecule has 0 N–H and O–H groups in total. The second-order valence-corrected chi connectivity index (χ2v) is 10.6. The second kappa shape index (κ2) is 10.3. The molecule has 0 radical (unpaired) electrons. The number of amides is 3. The van der Waals surface area contributed by atoms with Crippen LogP contribution in [0, 0.1) is 0 Å². The van der Waals surface area contributed by atoms with Gasteiger partial charge >= 0.3 is 0 Å². The van der Waals surface area contributed by atoms with Crippen LogP contribution in [0.1, 0.15) is 25.7 Å². The van der Waals surface area contributed by atoms with Crippen molar-refractivity contribution >= 4 is 35.2 Å². The summed E-state index contributed by atoms with van der Waals surface area (Å²) in [6, 6.07) is 19.9. The molecule has 3 fully saturated rings. The van der Waals surface area contributed by atoms with Gasteiger partial charge in [-0.3, -0.25) is 14.4 Å². The van der Waals surface area contributed by atoms with Crippen LogP contribution in [0.2, 0.25) is 0 Å². The quantitative estimate of drug-likeness (QED) is 0.580. The zero-order chi connectivity index (χ0) is 24.3. The van der Waals surface area contributed by atoms with Gasteiger partial charge in [0.15, 0.2) is 0 Å². The summed E-state index contributed by atoms with van der Waals surface area (Å²) < 4.78 is 0. The number of hydrogen-bond acceptors (Lipinski definition) is 5. The van der Waals surface area contributed by atoms with Gasteiger partial charge in [0.25, 0.3) is 5.91 Å². The van der Waals surface area contributed by atoms with E-state index >= 15 is 0 Å². The summed E-state index contributed by atoms with van der Waals surface area (Å²) in [7, 11) is 0. The van der Waals surface area contributed by atoms with Crippen molar-refractivity contribution in [1.82, 2.24) is 14.7 Å². The number of hydrogen-bond donors (Lipinski definition) is 0. The molecule has 0 aromatic heterocycles. The molecular weight excluding hydrogens is 460 g/mol. The molecule has 35 heavy (non-hydrogen) atoms. The Morgan fingerprint density at radius 2 is 1.40 bits per heavy atom. The maximum atomic E-state index is 13.8. The Bertz CT molecular complexity index is 1050. The van der Waals surface area contributed by atoms with E-state index in [2.05, 4.69) is 4.90 Å². The minimum atomic E-state index is -0.712. The molecule has 3 saturated heterocycles. The average Bonchev–Trinajstić information content (AvgIpc) is 3.53. The molecule has 5 rings (SSSR count). The number of nitrogens with zero attached hydrogens (tertiary/aromatic N) is 4. The van der Waals surface area contributed by atoms with Crippen LogP contribution < -0.4 is 4.90 Å². The van der Waals surface area contributed by atoms with Gasteiger partial charge in [-0.2, -0.15) is 0 Å². The highest BCUT2D eigenvalue weighted by Gasteiger charge is 2.54. The molecule has 0 atom stereocenters. The van der Waals surface area contributed by atoms with E-state index in [0.29, 0.717) is 38.4 Å². The molecule has 1 spiro atoms. The van der Waals surface area contributed by atoms with Crippen molar-refractivity contribution in [2.45, 2.75) is 36.1 Å². The van der Waals surface area contributed by atoms with Gasteiger partial charge < -0.3 is 19.6 Å². The number of para-hydroxylation sites is 1. The number of thioether (sulfide) groups is 1. The number of carbonyl (C=O) groups excluding carboxylic acids is 3. The summed E-state index contributed by atoms with van der Waals surface area (Å²) in [6.07, 6.45) is 3.20. The zero-order valence-corrected chi connectivity index (χ0v) is 20.8. The Balaban J connectivity index is 1.28. The Morgan fingerprint density at radius 3 is 2.06 bits per heavy atom. The molecule has 3 heterocycles. The first-order valence-corrected chi connectivity index (χ1v) is 13.4. The Hall–Kier alpha value is -3.00. The summed E-state index contributed by atoms with van der Waals surface area (Å²) in [5.74, 6) is 0.543. The standard InChI is InChI=1S/C27H32N4O3S/c32-24(28-15-7-8-16-28)19-30-21-31(22-9-3-1-4-10-22)27(26(30)34)13-17-29(18-14-27)25(33)20-35-23-11-5-2-6-12-23/h1-6,9-12H,7-8,13-21H2. The third kappa shape index (κ3) is 4.89. The van der Waals surface area contributed by atoms with Crippen molar-refractivity contribution in [1.29, 1.82) is 0 Å². The molecule has 3 aliphatic heterocycles. The zero-order valence-electron chi connectivity index (χ0n) is 20.0. The van der Waals surface area contributed by atoms with Gasteiger partial charge in [0.1, 0.15) is 12.1 Å². The highest BCUT2D eigenvalue weighted by atomic mass is 32.2. The molecule has 3 amide bonds. The van der Waals surface area contributed by atoms with Crippen LogP contribution in [0.5, 0.6) is 0 Å². The Morgan fingerprint density at radius 1 is 0.800 bits per heavy atom. The molecule has 0 saturated carbocycles. The van der Waals surface area contributed by atoms with Crippen LogP contribution in [0.25, 0.3) is 0 Å². The molecule has 3 aliphatic rings. The summed E-state index contributed by atoms with van der Waals surface area (Å²) in [5, 5.41) is 0. The monoisotopic (exact) mass is 492 g/mol. The van der Waals surface area contributed by atoms with Gasteiger partial charge in [-0.05, 0) is 49.9 Å². The minimum absolute atomic E-state index is 0.0136. The maximum absolute atomic E-state index is 13.8. The number of rotatable bonds is 6. The highest BCUT2D eigenvalue weighted by molar-refractivity contribution is 8.00. The molecular formula is C27H32N4O3S. The van der Waals surface area contributed by atoms with E-state index in [1.807, 2.05) is 70.5 Å². The fourth-order valence-corrected chi connectivity index (χ4v) is 6.25. The SMILES string of the molecule is O=C(CSc1ccccc1)N1CCC2(CC1)C(=O)N(CC(=O)N1CCCC1)CN2c1ccccc1. The van der Waals surface area contributed by atoms with E-state index in [1.54, 1.807) is 16.7 Å². The van der Waals surface area contributed by atoms with Crippen LogP contribution in [-0.4, -0.2) is 83.1 Å². The van der Waals surface area contributed by atoms with Crippen molar-refractivity contribution in [3.05, 3.63) is 60.7 Å². The van der Waals surface area contributed by atoms with E-state index < -0.39 is 5.54 Å². The lowest BCUT2D eigenvalue weighted by atomic mass is 9.85. The van der Waals surface area contributed by atoms with Crippen LogP contribution in [-0.2, 0) is 14.4 Å². The molecule has 2 aromatic rings. The fraction of sp³-hybridized carbons (Fsp3) is 0.444. The molecule has 8 heteroatoms. The minimum Gasteiger partial charge on any atom is -0.342 e. The summed E-state index contributed by atoms with van der Waals surface area (Å²) in [4.78, 5) is 48.3. The van der Waals surface area contributed by atoms with Crippen molar-refractivity contribution in [3.8, 4) is 0 Å². The summed E-state index contributed by atoms with van der Waals surface area (Å²) >= 11 is 1.54. The topological polar surface area (TPSA) is 64.2 Å². The normalized spacial score (nSPS) is 19.6. The molecule has 0 aliphatic carbocycles. The van der Waals surface area contributed by atoms with Gasteiger partial charge in [-0.15, -0.1) is 11.8 Å². The predicted molar refractivity (Wildman–Crippen MR) is 137 cm³/mol. The van der Waals surface area contributed by atoms with Crippen molar-refractivity contribution in [2.24, 2.45) is 0 Å². The molecule has 2 aromatic carbocycles. The van der Waals surface area contributed by atoms with E-state index in [-0.39, 0.29) is 24.3 Å². The van der Waals surface area contributed by atoms with Crippen molar-refractivity contribution in [3.63, 3.8) is 0 Å². The smallest absolute Gasteiger partial charge is 0.250 e. The third-order valence-electron chi connectivity index (χ3n) is 7.42. The van der Waals surface area contributed by atoms with E-state index in [9.17, 15) is 14.4 Å². The van der Waals surface area contributed by atoms with Crippen molar-refractivity contribution < 1.29 is 14.4 Å². The first-order valence-electron chi connectivity index (χ1n) is 12.4. The number of carbonyl (C=O) groups is 3. The first kappa shape index (κ1) is 23.7. The third-order valence-corrected chi connectivity index (χ3v) is 8.41. The van der Waals surface area contributed by atoms with Gasteiger partial charge in [0.05, 0.1) is 12.4 Å². The highest BCUT2D eigenvalue weighted by Crippen LogP contribution is 2.39. The van der Waals surface area contributed by atoms with Crippen LogP contribution in [0.3, 0.4) is 0 Å². The number of anilines is 1. The van der Waals surface area contributed by atoms with Crippen LogP contribution >= 0.6 is 11.8 Å². The van der Waals surface area contributed by atoms with Gasteiger partial charge in [-0.1, -0.05) is 36.4 Å². The Labute approximate surface area is 211 Å². The molecule has 0 bridgehead atoms. The lowest BCUT2D eigenvalue weighted by Crippen LogP contribution is -2.57. The van der Waals surface area contributed by atoms with Crippen molar-refractivity contribution in [2.75, 3.05) is 50.0 Å². The predicted octanol–water partition coefficient (Wildman–Crippen LogP) is 3.07. The van der Waals surface area contributed by atoms with Gasteiger partial charge in [-0.25, -0.2) is 0 Å². The van der Waals surface area contributed by atoms with E-state index in [4.69, 9.17) is 0 Å². The first-order chi connectivity index (χ1) is 17.1. The number of piperidine rings is 1. The van der Waals surface area contributed by atoms with E-state index in [0.717, 1.165) is 36.5 Å². The lowest BCUT2D eigenvalue weighted by molar-refractivity contribution is -0.141. The number of likely N-dealkylation sites (tertiary alicyclic amines) is 2. The molecule has 184 valence electrons. The fourth-order valence-electron chi connectivity index (χ4n) is 5.43. The van der Waals surface area contributed by atoms with E-state index in [1.165, 1.54) is 0 Å². The largest absolute Gasteiger partial charge is 0.342 e. The number of benzene rings is 2. The van der Waals surface area contributed by atoms with Gasteiger partial charge in [0.2, 0.25) is 11.8 Å². The summed E-state index contributed by atoms with van der Waals surface area (Å²) in [6.45, 7) is 3.17. The lowest BCUT2D eigenvalue weighted by Gasteiger charge is -2.43. The van der Waals surface area contributed by atoms with Crippen LogP contribution in [0.4, 0.5) is 5.69 Å². The molecule has 0 unspecified atom stereocenters. The second-order valence-electron chi connectivity index (χ2n) is 9.51. The maximum Gasteiger partial charge on any atom is 0.250 e. The Kier molecular flexibility index (Phi) is 7.00. The van der Waals surface area contributed by atoms with Crippen LogP contribution in [0.15, 0.2) is 65.6 Å². The van der Waals surface area contributed by atoms with Gasteiger partial charge in [0, 0.05) is 36.8 Å². The summed E-state index contributed by atoms with van der Waals surface area (Å²) in [5.41, 5.74) is 0.270. The average molecular weight is 493 g/mol.